The van der Waals surface area contributed by atoms with Crippen molar-refractivity contribution in [2.24, 2.45) is 0 Å². The highest BCUT2D eigenvalue weighted by Crippen LogP contribution is 2.36. The van der Waals surface area contributed by atoms with E-state index in [-0.39, 0.29) is 11.1 Å². The summed E-state index contributed by atoms with van der Waals surface area (Å²) in [6, 6.07) is 5.92. The second kappa shape index (κ2) is 5.51. The van der Waals surface area contributed by atoms with Gasteiger partial charge in [-0.2, -0.15) is 26.3 Å². The van der Waals surface area contributed by atoms with Crippen molar-refractivity contribution in [3.05, 3.63) is 47.7 Å². The van der Waals surface area contributed by atoms with Crippen molar-refractivity contribution >= 4 is 0 Å². The number of pyridine rings is 1. The number of nitrogens with zero attached hydrogens (tertiary/aromatic N) is 1. The number of methoxy groups -OCH3 is 1. The van der Waals surface area contributed by atoms with E-state index in [0.717, 1.165) is 31.4 Å². The van der Waals surface area contributed by atoms with Crippen molar-refractivity contribution < 1.29 is 31.1 Å². The Bertz CT molecular complexity index is 678. The first-order chi connectivity index (χ1) is 10.1. The lowest BCUT2D eigenvalue weighted by molar-refractivity contribution is -0.141. The molecule has 0 aliphatic heterocycles. The fourth-order valence-corrected chi connectivity index (χ4v) is 1.84. The van der Waals surface area contributed by atoms with Crippen LogP contribution in [0.1, 0.15) is 11.3 Å². The fourth-order valence-electron chi connectivity index (χ4n) is 1.84. The van der Waals surface area contributed by atoms with Crippen LogP contribution in [0, 0.1) is 0 Å². The third kappa shape index (κ3) is 3.32. The zero-order valence-electron chi connectivity index (χ0n) is 11.1. The molecule has 0 spiro atoms. The van der Waals surface area contributed by atoms with E-state index in [1.54, 1.807) is 0 Å². The first-order valence-electron chi connectivity index (χ1n) is 5.93. The predicted molar refractivity (Wildman–Crippen MR) is 66.2 cm³/mol. The van der Waals surface area contributed by atoms with Gasteiger partial charge in [-0.15, -0.1) is 0 Å². The fraction of sp³-hybridized carbons (Fsp3) is 0.214. The van der Waals surface area contributed by atoms with E-state index >= 15 is 0 Å². The smallest absolute Gasteiger partial charge is 0.433 e. The number of hydrogen-bond donors (Lipinski definition) is 0. The molecule has 0 fully saturated rings. The molecule has 0 unspecified atom stereocenters. The summed E-state index contributed by atoms with van der Waals surface area (Å²) in [5.74, 6) is -0.394. The normalized spacial score (nSPS) is 12.3. The van der Waals surface area contributed by atoms with E-state index in [0.29, 0.717) is 6.07 Å². The Labute approximate surface area is 121 Å². The molecule has 22 heavy (non-hydrogen) atoms. The zero-order chi connectivity index (χ0) is 16.5. The molecule has 0 radical (unpaired) electrons. The molecule has 2 nitrogen and oxygen atoms in total. The summed E-state index contributed by atoms with van der Waals surface area (Å²) in [7, 11) is 1.10. The second-order valence-corrected chi connectivity index (χ2v) is 4.33. The minimum Gasteiger partial charge on any atom is -0.481 e. The van der Waals surface area contributed by atoms with Crippen molar-refractivity contribution in [1.29, 1.82) is 0 Å². The molecule has 0 bridgehead atoms. The van der Waals surface area contributed by atoms with E-state index in [2.05, 4.69) is 4.98 Å². The second-order valence-electron chi connectivity index (χ2n) is 4.33. The third-order valence-electron chi connectivity index (χ3n) is 2.84. The molecule has 8 heteroatoms. The van der Waals surface area contributed by atoms with Crippen LogP contribution in [0.3, 0.4) is 0 Å². The number of benzene rings is 1. The van der Waals surface area contributed by atoms with Gasteiger partial charge in [0.15, 0.2) is 0 Å². The summed E-state index contributed by atoms with van der Waals surface area (Å²) in [5.41, 5.74) is -1.98. The molecule has 0 saturated carbocycles. The highest BCUT2D eigenvalue weighted by molar-refractivity contribution is 5.69. The van der Waals surface area contributed by atoms with Crippen LogP contribution in [0.5, 0.6) is 5.88 Å². The molecule has 0 N–H and O–H groups in total. The Morgan fingerprint density at radius 1 is 0.909 bits per heavy atom. The lowest BCUT2D eigenvalue weighted by atomic mass is 10.0. The lowest BCUT2D eigenvalue weighted by Crippen LogP contribution is -2.09. The van der Waals surface area contributed by atoms with Gasteiger partial charge in [0.1, 0.15) is 5.69 Å². The molecule has 0 saturated heterocycles. The van der Waals surface area contributed by atoms with Crippen LogP contribution >= 0.6 is 0 Å². The molecule has 1 aromatic carbocycles. The van der Waals surface area contributed by atoms with Crippen LogP contribution < -0.4 is 4.74 Å². The van der Waals surface area contributed by atoms with Crippen LogP contribution in [0.2, 0.25) is 0 Å². The summed E-state index contributed by atoms with van der Waals surface area (Å²) in [6.45, 7) is 0. The van der Waals surface area contributed by atoms with Gasteiger partial charge in [0.25, 0.3) is 0 Å². The van der Waals surface area contributed by atoms with Crippen molar-refractivity contribution in [2.75, 3.05) is 7.11 Å². The van der Waals surface area contributed by atoms with E-state index in [1.807, 2.05) is 0 Å². The summed E-state index contributed by atoms with van der Waals surface area (Å²) >= 11 is 0. The Balaban J connectivity index is 2.54. The average Bonchev–Trinajstić information content (AvgIpc) is 2.45. The van der Waals surface area contributed by atoms with Gasteiger partial charge in [0.05, 0.1) is 12.7 Å². The molecule has 1 heterocycles. The van der Waals surface area contributed by atoms with Crippen LogP contribution in [0.4, 0.5) is 26.3 Å². The molecule has 0 atom stereocenters. The minimum absolute atomic E-state index is 0.0431. The summed E-state index contributed by atoms with van der Waals surface area (Å²) in [5, 5.41) is 0. The number of ether oxygens (including phenoxy) is 1. The number of alkyl halides is 6. The van der Waals surface area contributed by atoms with Gasteiger partial charge in [-0.05, 0) is 29.8 Å². The van der Waals surface area contributed by atoms with E-state index in [4.69, 9.17) is 4.74 Å². The zero-order valence-corrected chi connectivity index (χ0v) is 11.1. The highest BCUT2D eigenvalue weighted by atomic mass is 19.4. The molecule has 2 rings (SSSR count). The van der Waals surface area contributed by atoms with E-state index in [1.165, 1.54) is 6.07 Å². The van der Waals surface area contributed by atoms with Crippen molar-refractivity contribution in [3.8, 4) is 17.0 Å². The van der Waals surface area contributed by atoms with Gasteiger partial charge >= 0.3 is 12.4 Å². The Kier molecular flexibility index (Phi) is 4.04. The van der Waals surface area contributed by atoms with Gasteiger partial charge in [0, 0.05) is 5.56 Å². The summed E-state index contributed by atoms with van der Waals surface area (Å²) in [6.07, 6.45) is -9.22. The first kappa shape index (κ1) is 16.1. The lowest BCUT2D eigenvalue weighted by Gasteiger charge is -2.13. The Hall–Kier alpha value is -2.25. The van der Waals surface area contributed by atoms with Gasteiger partial charge in [-0.1, -0.05) is 12.1 Å². The van der Waals surface area contributed by atoms with Gasteiger partial charge in [-0.25, -0.2) is 4.98 Å². The van der Waals surface area contributed by atoms with Crippen LogP contribution in [0.25, 0.3) is 11.1 Å². The Morgan fingerprint density at radius 3 is 2.14 bits per heavy atom. The maximum absolute atomic E-state index is 12.7. The highest BCUT2D eigenvalue weighted by Gasteiger charge is 2.34. The van der Waals surface area contributed by atoms with E-state index in [9.17, 15) is 26.3 Å². The van der Waals surface area contributed by atoms with Crippen molar-refractivity contribution in [3.63, 3.8) is 0 Å². The van der Waals surface area contributed by atoms with Crippen molar-refractivity contribution in [2.45, 2.75) is 12.4 Å². The molecule has 0 aliphatic carbocycles. The first-order valence-corrected chi connectivity index (χ1v) is 5.93. The quantitative estimate of drug-likeness (QED) is 0.742. The molecule has 118 valence electrons. The molecular weight excluding hydrogens is 312 g/mol. The third-order valence-corrected chi connectivity index (χ3v) is 2.84. The summed E-state index contributed by atoms with van der Waals surface area (Å²) in [4.78, 5) is 3.30. The topological polar surface area (TPSA) is 22.1 Å². The number of halogens is 6. The maximum Gasteiger partial charge on any atom is 0.433 e. The predicted octanol–water partition coefficient (Wildman–Crippen LogP) is 4.79. The average molecular weight is 321 g/mol. The monoisotopic (exact) mass is 321 g/mol. The molecule has 2 aromatic rings. The largest absolute Gasteiger partial charge is 0.481 e. The summed E-state index contributed by atoms with van der Waals surface area (Å²) < 4.78 is 80.6. The van der Waals surface area contributed by atoms with Gasteiger partial charge < -0.3 is 4.74 Å². The molecular formula is C14H9F6NO. The number of rotatable bonds is 2. The molecule has 0 aliphatic rings. The standard InChI is InChI=1S/C14H9F6NO/c1-22-12-10(5-6-11(21-12)14(18,19)20)8-3-2-4-9(7-8)13(15,16)17/h2-7H,1H3. The molecule has 1 aromatic heterocycles. The Morgan fingerprint density at radius 2 is 1.59 bits per heavy atom. The van der Waals surface area contributed by atoms with Crippen LogP contribution in [0.15, 0.2) is 36.4 Å². The van der Waals surface area contributed by atoms with Crippen LogP contribution in [-0.4, -0.2) is 12.1 Å². The molecule has 0 amide bonds. The number of aromatic nitrogens is 1. The van der Waals surface area contributed by atoms with Crippen LogP contribution in [-0.2, 0) is 12.4 Å². The SMILES string of the molecule is COc1nc(C(F)(F)F)ccc1-c1cccc(C(F)(F)F)c1. The minimum atomic E-state index is -4.67. The number of hydrogen-bond acceptors (Lipinski definition) is 2. The van der Waals surface area contributed by atoms with E-state index < -0.39 is 29.5 Å². The maximum atomic E-state index is 12.7. The van der Waals surface area contributed by atoms with Crippen molar-refractivity contribution in [1.82, 2.24) is 4.98 Å². The van der Waals surface area contributed by atoms with Gasteiger partial charge in [-0.3, -0.25) is 0 Å². The van der Waals surface area contributed by atoms with Gasteiger partial charge in [0.2, 0.25) is 5.88 Å².